The molecule has 166 valence electrons. The summed E-state index contributed by atoms with van der Waals surface area (Å²) in [6.07, 6.45) is 2.71. The summed E-state index contributed by atoms with van der Waals surface area (Å²) in [6, 6.07) is 13.1. The lowest BCUT2D eigenvalue weighted by molar-refractivity contribution is 0.168. The van der Waals surface area contributed by atoms with Gasteiger partial charge in [0.1, 0.15) is 6.26 Å². The number of halogens is 1. The zero-order valence-corrected chi connectivity index (χ0v) is 20.7. The first-order valence-corrected chi connectivity index (χ1v) is 10.5. The SMILES string of the molecule is CN=C(NCCC(C)N(C)Cc1ccccc1)N1CCN(Cc2ccon2)CC1.I. The van der Waals surface area contributed by atoms with Gasteiger partial charge >= 0.3 is 0 Å². The molecule has 0 saturated carbocycles. The van der Waals surface area contributed by atoms with Crippen molar-refractivity contribution in [3.63, 3.8) is 0 Å². The van der Waals surface area contributed by atoms with Crippen molar-refractivity contribution in [3.05, 3.63) is 53.9 Å². The maximum Gasteiger partial charge on any atom is 0.193 e. The lowest BCUT2D eigenvalue weighted by Gasteiger charge is -2.36. The fourth-order valence-corrected chi connectivity index (χ4v) is 3.64. The minimum atomic E-state index is 0. The van der Waals surface area contributed by atoms with Crippen LogP contribution < -0.4 is 5.32 Å². The first-order chi connectivity index (χ1) is 14.2. The number of guanidine groups is 1. The van der Waals surface area contributed by atoms with Crippen molar-refractivity contribution in [2.24, 2.45) is 4.99 Å². The molecule has 2 heterocycles. The molecule has 3 rings (SSSR count). The van der Waals surface area contributed by atoms with Crippen molar-refractivity contribution < 1.29 is 4.52 Å². The number of hydrogen-bond acceptors (Lipinski definition) is 5. The van der Waals surface area contributed by atoms with Gasteiger partial charge in [-0.15, -0.1) is 24.0 Å². The number of nitrogens with one attached hydrogen (secondary N) is 1. The van der Waals surface area contributed by atoms with E-state index in [9.17, 15) is 0 Å². The van der Waals surface area contributed by atoms with Crippen LogP contribution in [-0.4, -0.2) is 78.7 Å². The highest BCUT2D eigenvalue weighted by Crippen LogP contribution is 2.09. The van der Waals surface area contributed by atoms with E-state index in [1.54, 1.807) is 6.26 Å². The number of piperazine rings is 1. The zero-order chi connectivity index (χ0) is 20.5. The molecule has 1 unspecified atom stereocenters. The summed E-state index contributed by atoms with van der Waals surface area (Å²) in [5, 5.41) is 7.56. The fourth-order valence-electron chi connectivity index (χ4n) is 3.64. The minimum Gasteiger partial charge on any atom is -0.364 e. The van der Waals surface area contributed by atoms with Crippen molar-refractivity contribution in [1.29, 1.82) is 0 Å². The number of benzene rings is 1. The first kappa shape index (κ1) is 24.6. The summed E-state index contributed by atoms with van der Waals surface area (Å²) < 4.78 is 4.93. The normalized spacial score (nSPS) is 16.4. The number of nitrogens with zero attached hydrogens (tertiary/aromatic N) is 5. The standard InChI is InChI=1S/C22H34N6O.HI/c1-19(26(3)17-20-7-5-4-6-8-20)9-11-24-22(23-2)28-14-12-27(13-15-28)18-21-10-16-29-25-21;/h4-8,10,16,19H,9,11-15,17-18H2,1-3H3,(H,23,24);1H. The van der Waals surface area contributed by atoms with Crippen molar-refractivity contribution >= 4 is 29.9 Å². The number of rotatable bonds is 8. The molecule has 1 aromatic heterocycles. The Hall–Kier alpha value is -1.65. The quantitative estimate of drug-likeness (QED) is 0.325. The van der Waals surface area contributed by atoms with Gasteiger partial charge in [0.25, 0.3) is 0 Å². The van der Waals surface area contributed by atoms with Crippen LogP contribution in [0.25, 0.3) is 0 Å². The second-order valence-corrected chi connectivity index (χ2v) is 7.77. The maximum atomic E-state index is 4.93. The first-order valence-electron chi connectivity index (χ1n) is 10.5. The molecule has 1 atom stereocenters. The van der Waals surface area contributed by atoms with E-state index in [0.717, 1.165) is 63.9 Å². The Kier molecular flexibility index (Phi) is 10.6. The van der Waals surface area contributed by atoms with E-state index in [2.05, 4.69) is 74.5 Å². The molecule has 7 nitrogen and oxygen atoms in total. The van der Waals surface area contributed by atoms with Gasteiger partial charge in [-0.1, -0.05) is 35.5 Å². The predicted octanol–water partition coefficient (Wildman–Crippen LogP) is 2.90. The van der Waals surface area contributed by atoms with E-state index in [0.29, 0.717) is 6.04 Å². The topological polar surface area (TPSA) is 60.1 Å². The Morgan fingerprint density at radius 2 is 1.93 bits per heavy atom. The Morgan fingerprint density at radius 1 is 1.20 bits per heavy atom. The van der Waals surface area contributed by atoms with Crippen LogP contribution in [-0.2, 0) is 13.1 Å². The van der Waals surface area contributed by atoms with Crippen LogP contribution in [0.2, 0.25) is 0 Å². The molecule has 1 aliphatic heterocycles. The van der Waals surface area contributed by atoms with Gasteiger partial charge in [-0.2, -0.15) is 0 Å². The van der Waals surface area contributed by atoms with Crippen LogP contribution in [0.3, 0.4) is 0 Å². The van der Waals surface area contributed by atoms with Gasteiger partial charge < -0.3 is 14.7 Å². The van der Waals surface area contributed by atoms with Gasteiger partial charge in [0.2, 0.25) is 0 Å². The number of aliphatic imine (C=N–C) groups is 1. The lowest BCUT2D eigenvalue weighted by atomic mass is 10.1. The van der Waals surface area contributed by atoms with Gasteiger partial charge in [0.15, 0.2) is 5.96 Å². The zero-order valence-electron chi connectivity index (χ0n) is 18.3. The molecular weight excluding hydrogens is 491 g/mol. The maximum absolute atomic E-state index is 4.93. The van der Waals surface area contributed by atoms with Gasteiger partial charge in [-0.05, 0) is 26.0 Å². The average Bonchev–Trinajstić information content (AvgIpc) is 3.25. The molecule has 1 saturated heterocycles. The highest BCUT2D eigenvalue weighted by atomic mass is 127. The highest BCUT2D eigenvalue weighted by molar-refractivity contribution is 14.0. The summed E-state index contributed by atoms with van der Waals surface area (Å²) >= 11 is 0. The predicted molar refractivity (Wildman–Crippen MR) is 132 cm³/mol. The van der Waals surface area contributed by atoms with Crippen molar-refractivity contribution in [1.82, 2.24) is 25.2 Å². The van der Waals surface area contributed by atoms with Gasteiger partial charge in [0, 0.05) is 65.0 Å². The van der Waals surface area contributed by atoms with Gasteiger partial charge in [-0.25, -0.2) is 0 Å². The molecule has 1 fully saturated rings. The van der Waals surface area contributed by atoms with Crippen LogP contribution in [0.15, 0.2) is 52.2 Å². The minimum absolute atomic E-state index is 0. The van der Waals surface area contributed by atoms with Crippen LogP contribution >= 0.6 is 24.0 Å². The molecule has 0 spiro atoms. The Bertz CT molecular complexity index is 731. The van der Waals surface area contributed by atoms with Crippen LogP contribution in [0.1, 0.15) is 24.6 Å². The van der Waals surface area contributed by atoms with Crippen LogP contribution in [0.4, 0.5) is 0 Å². The van der Waals surface area contributed by atoms with E-state index in [-0.39, 0.29) is 24.0 Å². The van der Waals surface area contributed by atoms with Crippen molar-refractivity contribution in [2.75, 3.05) is 46.8 Å². The molecule has 1 aliphatic rings. The highest BCUT2D eigenvalue weighted by Gasteiger charge is 2.20. The molecule has 0 aliphatic carbocycles. The molecule has 0 bridgehead atoms. The van der Waals surface area contributed by atoms with Gasteiger partial charge in [-0.3, -0.25) is 14.8 Å². The van der Waals surface area contributed by atoms with Gasteiger partial charge in [0.05, 0.1) is 5.69 Å². The molecule has 8 heteroatoms. The average molecular weight is 526 g/mol. The Balaban J connectivity index is 0.00000320. The summed E-state index contributed by atoms with van der Waals surface area (Å²) in [4.78, 5) is 11.6. The van der Waals surface area contributed by atoms with E-state index >= 15 is 0 Å². The van der Waals surface area contributed by atoms with Crippen LogP contribution in [0.5, 0.6) is 0 Å². The lowest BCUT2D eigenvalue weighted by Crippen LogP contribution is -2.52. The molecule has 1 aromatic carbocycles. The van der Waals surface area contributed by atoms with Crippen molar-refractivity contribution in [3.8, 4) is 0 Å². The number of hydrogen-bond donors (Lipinski definition) is 1. The third-order valence-electron chi connectivity index (χ3n) is 5.63. The van der Waals surface area contributed by atoms with E-state index in [1.807, 2.05) is 13.1 Å². The summed E-state index contributed by atoms with van der Waals surface area (Å²) in [7, 11) is 4.07. The summed E-state index contributed by atoms with van der Waals surface area (Å²) in [5.41, 5.74) is 2.35. The molecule has 30 heavy (non-hydrogen) atoms. The van der Waals surface area contributed by atoms with E-state index < -0.39 is 0 Å². The monoisotopic (exact) mass is 526 g/mol. The molecule has 1 N–H and O–H groups in total. The summed E-state index contributed by atoms with van der Waals surface area (Å²) in [5.74, 6) is 1.00. The Labute approximate surface area is 197 Å². The van der Waals surface area contributed by atoms with Crippen LogP contribution in [0, 0.1) is 0 Å². The Morgan fingerprint density at radius 3 is 2.57 bits per heavy atom. The molecular formula is C22H35IN6O. The van der Waals surface area contributed by atoms with Crippen molar-refractivity contribution in [2.45, 2.75) is 32.5 Å². The van der Waals surface area contributed by atoms with E-state index in [4.69, 9.17) is 4.52 Å². The smallest absolute Gasteiger partial charge is 0.193 e. The molecule has 2 aromatic rings. The largest absolute Gasteiger partial charge is 0.364 e. The number of aromatic nitrogens is 1. The third kappa shape index (κ3) is 7.55. The second kappa shape index (κ2) is 12.9. The summed E-state index contributed by atoms with van der Waals surface area (Å²) in [6.45, 7) is 8.99. The molecule has 0 amide bonds. The van der Waals surface area contributed by atoms with E-state index in [1.165, 1.54) is 5.56 Å². The fraction of sp³-hybridized carbons (Fsp3) is 0.545. The molecule has 0 radical (unpaired) electrons. The second-order valence-electron chi connectivity index (χ2n) is 7.77. The third-order valence-corrected chi connectivity index (χ3v) is 5.63.